The molecule has 0 fully saturated rings. The van der Waals surface area contributed by atoms with Crippen LogP contribution in [0.4, 0.5) is 19.0 Å². The lowest BCUT2D eigenvalue weighted by Crippen LogP contribution is -2.36. The number of halogens is 3. The van der Waals surface area contributed by atoms with Crippen LogP contribution in [0.1, 0.15) is 31.4 Å². The molecular formula is C14H22F3N3. The lowest BCUT2D eigenvalue weighted by atomic mass is 10.2. The van der Waals surface area contributed by atoms with E-state index in [0.29, 0.717) is 25.3 Å². The van der Waals surface area contributed by atoms with E-state index in [1.54, 1.807) is 13.1 Å². The number of alkyl halides is 3. The van der Waals surface area contributed by atoms with Gasteiger partial charge in [0.25, 0.3) is 0 Å². The van der Waals surface area contributed by atoms with Crippen LogP contribution in [0, 0.1) is 6.92 Å². The zero-order valence-corrected chi connectivity index (χ0v) is 12.2. The predicted octanol–water partition coefficient (Wildman–Crippen LogP) is 3.28. The van der Waals surface area contributed by atoms with Crippen LogP contribution in [0.15, 0.2) is 12.3 Å². The van der Waals surface area contributed by atoms with E-state index in [1.165, 1.54) is 4.90 Å². The van der Waals surface area contributed by atoms with Crippen molar-refractivity contribution >= 4 is 5.82 Å². The first-order chi connectivity index (χ1) is 9.37. The second kappa shape index (κ2) is 7.47. The molecule has 114 valence electrons. The van der Waals surface area contributed by atoms with Crippen molar-refractivity contribution in [3.63, 3.8) is 0 Å². The molecule has 0 unspecified atom stereocenters. The van der Waals surface area contributed by atoms with Crippen LogP contribution in [0.25, 0.3) is 0 Å². The van der Waals surface area contributed by atoms with Gasteiger partial charge in [0, 0.05) is 19.3 Å². The summed E-state index contributed by atoms with van der Waals surface area (Å²) in [5.74, 6) is 0.421. The predicted molar refractivity (Wildman–Crippen MR) is 74.9 cm³/mol. The summed E-state index contributed by atoms with van der Waals surface area (Å²) in [6.45, 7) is 6.58. The number of anilines is 1. The molecule has 1 aromatic rings. The highest BCUT2D eigenvalue weighted by molar-refractivity contribution is 5.47. The van der Waals surface area contributed by atoms with E-state index in [4.69, 9.17) is 0 Å². The average Bonchev–Trinajstić information content (AvgIpc) is 2.34. The Balaban J connectivity index is 2.90. The summed E-state index contributed by atoms with van der Waals surface area (Å²) < 4.78 is 37.8. The van der Waals surface area contributed by atoms with Crippen molar-refractivity contribution in [3.05, 3.63) is 23.4 Å². The van der Waals surface area contributed by atoms with Crippen LogP contribution >= 0.6 is 0 Å². The largest absolute Gasteiger partial charge is 0.405 e. The first kappa shape index (κ1) is 16.8. The molecule has 0 amide bonds. The smallest absolute Gasteiger partial charge is 0.347 e. The van der Waals surface area contributed by atoms with E-state index in [9.17, 15) is 13.2 Å². The minimum absolute atomic E-state index is 0.347. The Morgan fingerprint density at radius 1 is 1.30 bits per heavy atom. The van der Waals surface area contributed by atoms with Gasteiger partial charge in [0.05, 0.1) is 0 Å². The van der Waals surface area contributed by atoms with Gasteiger partial charge in [-0.25, -0.2) is 4.98 Å². The van der Waals surface area contributed by atoms with Crippen LogP contribution < -0.4 is 10.2 Å². The summed E-state index contributed by atoms with van der Waals surface area (Å²) in [4.78, 5) is 5.52. The third-order valence-electron chi connectivity index (χ3n) is 2.85. The Kier molecular flexibility index (Phi) is 6.26. The maximum Gasteiger partial charge on any atom is 0.405 e. The Hall–Kier alpha value is -1.30. The van der Waals surface area contributed by atoms with Gasteiger partial charge in [0.2, 0.25) is 0 Å². The van der Waals surface area contributed by atoms with Crippen LogP contribution in [-0.4, -0.2) is 30.8 Å². The zero-order valence-electron chi connectivity index (χ0n) is 12.2. The highest BCUT2D eigenvalue weighted by Gasteiger charge is 2.31. The summed E-state index contributed by atoms with van der Waals surface area (Å²) in [5.41, 5.74) is 1.76. The zero-order chi connectivity index (χ0) is 15.2. The second-order valence-electron chi connectivity index (χ2n) is 4.80. The molecule has 1 aromatic heterocycles. The molecule has 1 rings (SSSR count). The van der Waals surface area contributed by atoms with E-state index in [2.05, 4.69) is 10.3 Å². The fraction of sp³-hybridized carbons (Fsp3) is 0.643. The van der Waals surface area contributed by atoms with Crippen molar-refractivity contribution in [1.29, 1.82) is 0 Å². The fourth-order valence-corrected chi connectivity index (χ4v) is 2.07. The number of aromatic nitrogens is 1. The van der Waals surface area contributed by atoms with Gasteiger partial charge in [-0.1, -0.05) is 13.8 Å². The molecule has 0 aliphatic carbocycles. The molecule has 0 aliphatic heterocycles. The van der Waals surface area contributed by atoms with Crippen molar-refractivity contribution in [3.8, 4) is 0 Å². The van der Waals surface area contributed by atoms with Crippen LogP contribution in [0.2, 0.25) is 0 Å². The lowest BCUT2D eigenvalue weighted by molar-refractivity contribution is -0.119. The first-order valence-corrected chi connectivity index (χ1v) is 6.85. The maximum atomic E-state index is 12.6. The SMILES string of the molecule is CCCN(CC(F)(F)F)c1ncc(CNCC)cc1C. The molecule has 0 bridgehead atoms. The molecule has 0 atom stereocenters. The quantitative estimate of drug-likeness (QED) is 0.835. The Bertz CT molecular complexity index is 419. The van der Waals surface area contributed by atoms with Gasteiger partial charge in [-0.3, -0.25) is 0 Å². The molecule has 6 heteroatoms. The number of rotatable bonds is 7. The second-order valence-corrected chi connectivity index (χ2v) is 4.80. The summed E-state index contributed by atoms with van der Waals surface area (Å²) in [7, 11) is 0. The van der Waals surface area contributed by atoms with Gasteiger partial charge in [-0.15, -0.1) is 0 Å². The van der Waals surface area contributed by atoms with Crippen molar-refractivity contribution < 1.29 is 13.2 Å². The van der Waals surface area contributed by atoms with E-state index in [-0.39, 0.29) is 0 Å². The minimum atomic E-state index is -4.22. The summed E-state index contributed by atoms with van der Waals surface area (Å²) in [6.07, 6.45) is -1.92. The van der Waals surface area contributed by atoms with Crippen LogP contribution in [0.5, 0.6) is 0 Å². The monoisotopic (exact) mass is 289 g/mol. The minimum Gasteiger partial charge on any atom is -0.347 e. The van der Waals surface area contributed by atoms with Gasteiger partial charge in [0.1, 0.15) is 12.4 Å². The molecule has 0 spiro atoms. The molecule has 3 nitrogen and oxygen atoms in total. The Labute approximate surface area is 118 Å². The molecular weight excluding hydrogens is 267 g/mol. The van der Waals surface area contributed by atoms with Crippen molar-refractivity contribution in [1.82, 2.24) is 10.3 Å². The number of hydrogen-bond acceptors (Lipinski definition) is 3. The molecule has 1 N–H and O–H groups in total. The van der Waals surface area contributed by atoms with Crippen molar-refractivity contribution in [2.24, 2.45) is 0 Å². The number of nitrogens with zero attached hydrogens (tertiary/aromatic N) is 2. The number of pyridine rings is 1. The third-order valence-corrected chi connectivity index (χ3v) is 2.85. The molecule has 0 saturated heterocycles. The third kappa shape index (κ3) is 5.36. The molecule has 0 aliphatic rings. The number of hydrogen-bond donors (Lipinski definition) is 1. The fourth-order valence-electron chi connectivity index (χ4n) is 2.07. The summed E-state index contributed by atoms with van der Waals surface area (Å²) >= 11 is 0. The van der Waals surface area contributed by atoms with E-state index in [1.807, 2.05) is 19.9 Å². The highest BCUT2D eigenvalue weighted by atomic mass is 19.4. The van der Waals surface area contributed by atoms with Gasteiger partial charge < -0.3 is 10.2 Å². The van der Waals surface area contributed by atoms with Gasteiger partial charge in [-0.2, -0.15) is 13.2 Å². The van der Waals surface area contributed by atoms with Crippen LogP contribution in [0.3, 0.4) is 0 Å². The molecule has 0 saturated carbocycles. The molecule has 1 heterocycles. The van der Waals surface area contributed by atoms with Crippen molar-refractivity contribution in [2.75, 3.05) is 24.5 Å². The highest BCUT2D eigenvalue weighted by Crippen LogP contribution is 2.24. The summed E-state index contributed by atoms with van der Waals surface area (Å²) in [5, 5.41) is 3.17. The van der Waals surface area contributed by atoms with E-state index < -0.39 is 12.7 Å². The number of aryl methyl sites for hydroxylation is 1. The first-order valence-electron chi connectivity index (χ1n) is 6.85. The maximum absolute atomic E-state index is 12.6. The Morgan fingerprint density at radius 2 is 2.00 bits per heavy atom. The Morgan fingerprint density at radius 3 is 2.50 bits per heavy atom. The molecule has 20 heavy (non-hydrogen) atoms. The van der Waals surface area contributed by atoms with Gasteiger partial charge in [-0.05, 0) is 37.1 Å². The molecule has 0 aromatic carbocycles. The van der Waals surface area contributed by atoms with Gasteiger partial charge in [0.15, 0.2) is 0 Å². The summed E-state index contributed by atoms with van der Waals surface area (Å²) in [6, 6.07) is 1.89. The topological polar surface area (TPSA) is 28.2 Å². The van der Waals surface area contributed by atoms with Crippen molar-refractivity contribution in [2.45, 2.75) is 39.9 Å². The lowest BCUT2D eigenvalue weighted by Gasteiger charge is -2.26. The average molecular weight is 289 g/mol. The normalized spacial score (nSPS) is 11.7. The molecule has 0 radical (unpaired) electrons. The van der Waals surface area contributed by atoms with E-state index >= 15 is 0 Å². The van der Waals surface area contributed by atoms with E-state index in [0.717, 1.165) is 17.7 Å². The number of nitrogens with one attached hydrogen (secondary N) is 1. The van der Waals surface area contributed by atoms with Gasteiger partial charge >= 0.3 is 6.18 Å². The standard InChI is InChI=1S/C14H22F3N3/c1-4-6-20(10-14(15,16)17)13-11(3)7-12(9-19-13)8-18-5-2/h7,9,18H,4-6,8,10H2,1-3H3. The van der Waals surface area contributed by atoms with Crippen LogP contribution in [-0.2, 0) is 6.54 Å².